The lowest BCUT2D eigenvalue weighted by atomic mass is 10.0. The van der Waals surface area contributed by atoms with E-state index >= 15 is 0 Å². The highest BCUT2D eigenvalue weighted by atomic mass is 19.1. The molecule has 0 aliphatic carbocycles. The monoisotopic (exact) mass is 194 g/mol. The van der Waals surface area contributed by atoms with Crippen LogP contribution in [0.1, 0.15) is 31.4 Å². The molecule has 14 heavy (non-hydrogen) atoms. The van der Waals surface area contributed by atoms with E-state index < -0.39 is 6.10 Å². The second-order valence-electron chi connectivity index (χ2n) is 3.53. The molecule has 1 N–H and O–H groups in total. The zero-order chi connectivity index (χ0) is 10.6. The lowest BCUT2D eigenvalue weighted by molar-refractivity contribution is 0.163. The molecule has 76 valence electrons. The minimum atomic E-state index is -0.729. The molecular weight excluding hydrogens is 179 g/mol. The molecule has 1 unspecified atom stereocenters. The highest BCUT2D eigenvalue weighted by Crippen LogP contribution is 2.22. The molecule has 0 aromatic heterocycles. The van der Waals surface area contributed by atoms with Crippen LogP contribution >= 0.6 is 0 Å². The molecule has 1 atom stereocenters. The van der Waals surface area contributed by atoms with Gasteiger partial charge in [-0.2, -0.15) is 0 Å². The average Bonchev–Trinajstić information content (AvgIpc) is 2.15. The first-order chi connectivity index (χ1) is 6.61. The molecule has 0 bridgehead atoms. The maximum Gasteiger partial charge on any atom is 0.128 e. The third-order valence-corrected chi connectivity index (χ3v) is 2.11. The molecule has 0 fully saturated rings. The van der Waals surface area contributed by atoms with Crippen LogP contribution in [0, 0.1) is 5.82 Å². The van der Waals surface area contributed by atoms with Crippen molar-refractivity contribution in [3.63, 3.8) is 0 Å². The number of aliphatic hydroxyl groups is 1. The summed E-state index contributed by atoms with van der Waals surface area (Å²) >= 11 is 0. The van der Waals surface area contributed by atoms with Crippen molar-refractivity contribution >= 4 is 0 Å². The van der Waals surface area contributed by atoms with E-state index in [0.717, 1.165) is 12.0 Å². The molecule has 0 amide bonds. The van der Waals surface area contributed by atoms with E-state index in [0.29, 0.717) is 12.0 Å². The van der Waals surface area contributed by atoms with E-state index in [-0.39, 0.29) is 5.82 Å². The van der Waals surface area contributed by atoms with Crippen molar-refractivity contribution in [1.82, 2.24) is 0 Å². The Morgan fingerprint density at radius 2 is 2.14 bits per heavy atom. The summed E-state index contributed by atoms with van der Waals surface area (Å²) in [5.74, 6) is -0.346. The fraction of sp³-hybridized carbons (Fsp3) is 0.333. The zero-order valence-electron chi connectivity index (χ0n) is 8.33. The molecule has 0 spiro atoms. The number of rotatable bonds is 4. The van der Waals surface area contributed by atoms with Crippen LogP contribution in [-0.4, -0.2) is 5.11 Å². The second kappa shape index (κ2) is 4.91. The van der Waals surface area contributed by atoms with Gasteiger partial charge < -0.3 is 5.11 Å². The third kappa shape index (κ3) is 2.96. The molecule has 0 radical (unpaired) electrons. The van der Waals surface area contributed by atoms with Gasteiger partial charge in [-0.3, -0.25) is 0 Å². The molecule has 0 aliphatic rings. The van der Waals surface area contributed by atoms with E-state index in [2.05, 4.69) is 6.58 Å². The molecular formula is C12H15FO. The summed E-state index contributed by atoms with van der Waals surface area (Å²) in [5.41, 5.74) is 1.37. The molecule has 1 rings (SSSR count). The molecule has 0 heterocycles. The first kappa shape index (κ1) is 10.9. The molecule has 0 saturated heterocycles. The van der Waals surface area contributed by atoms with Gasteiger partial charge in [0.15, 0.2) is 0 Å². The van der Waals surface area contributed by atoms with Crippen molar-refractivity contribution in [1.29, 1.82) is 0 Å². The van der Waals surface area contributed by atoms with Crippen LogP contribution in [-0.2, 0) is 0 Å². The normalized spacial score (nSPS) is 12.5. The quantitative estimate of drug-likeness (QED) is 0.730. The van der Waals surface area contributed by atoms with E-state index in [1.54, 1.807) is 18.2 Å². The zero-order valence-corrected chi connectivity index (χ0v) is 8.33. The minimum Gasteiger partial charge on any atom is -0.388 e. The molecule has 0 saturated carbocycles. The Morgan fingerprint density at radius 3 is 2.71 bits per heavy atom. The first-order valence-corrected chi connectivity index (χ1v) is 4.68. The SMILES string of the molecule is C=C(C)CCC(O)c1ccccc1F. The van der Waals surface area contributed by atoms with Crippen LogP contribution in [0.15, 0.2) is 36.4 Å². The van der Waals surface area contributed by atoms with Crippen molar-refractivity contribution < 1.29 is 9.50 Å². The predicted octanol–water partition coefficient (Wildman–Crippen LogP) is 3.22. The largest absolute Gasteiger partial charge is 0.388 e. The highest BCUT2D eigenvalue weighted by Gasteiger charge is 2.11. The standard InChI is InChI=1S/C12H15FO/c1-9(2)7-8-12(14)10-5-3-4-6-11(10)13/h3-6,12,14H,1,7-8H2,2H3. The Balaban J connectivity index is 2.65. The van der Waals surface area contributed by atoms with Crippen molar-refractivity contribution in [3.05, 3.63) is 47.8 Å². The van der Waals surface area contributed by atoms with Gasteiger partial charge >= 0.3 is 0 Å². The first-order valence-electron chi connectivity index (χ1n) is 4.68. The Morgan fingerprint density at radius 1 is 1.50 bits per heavy atom. The van der Waals surface area contributed by atoms with Gasteiger partial charge in [-0.05, 0) is 25.8 Å². The van der Waals surface area contributed by atoms with E-state index in [9.17, 15) is 9.50 Å². The van der Waals surface area contributed by atoms with Crippen molar-refractivity contribution in [3.8, 4) is 0 Å². The van der Waals surface area contributed by atoms with E-state index in [4.69, 9.17) is 0 Å². The van der Waals surface area contributed by atoms with Gasteiger partial charge in [-0.15, -0.1) is 6.58 Å². The Kier molecular flexibility index (Phi) is 3.84. The van der Waals surface area contributed by atoms with Gasteiger partial charge in [-0.25, -0.2) is 4.39 Å². The number of aliphatic hydroxyl groups excluding tert-OH is 1. The Hall–Kier alpha value is -1.15. The van der Waals surface area contributed by atoms with Crippen molar-refractivity contribution in [2.75, 3.05) is 0 Å². The maximum atomic E-state index is 13.2. The van der Waals surface area contributed by atoms with E-state index in [1.807, 2.05) is 6.92 Å². The lowest BCUT2D eigenvalue weighted by Gasteiger charge is -2.11. The van der Waals surface area contributed by atoms with Crippen LogP contribution in [0.3, 0.4) is 0 Å². The van der Waals surface area contributed by atoms with E-state index in [1.165, 1.54) is 6.07 Å². The maximum absolute atomic E-state index is 13.2. The van der Waals surface area contributed by atoms with Crippen LogP contribution in [0.25, 0.3) is 0 Å². The van der Waals surface area contributed by atoms with Gasteiger partial charge in [0.05, 0.1) is 6.10 Å². The Bertz CT molecular complexity index is 320. The van der Waals surface area contributed by atoms with Crippen molar-refractivity contribution in [2.24, 2.45) is 0 Å². The minimum absolute atomic E-state index is 0.346. The Labute approximate surface area is 83.9 Å². The predicted molar refractivity (Wildman–Crippen MR) is 55.4 cm³/mol. The molecule has 2 heteroatoms. The third-order valence-electron chi connectivity index (χ3n) is 2.11. The summed E-state index contributed by atoms with van der Waals surface area (Å²) in [4.78, 5) is 0. The molecule has 1 aromatic rings. The van der Waals surface area contributed by atoms with Crippen LogP contribution < -0.4 is 0 Å². The summed E-state index contributed by atoms with van der Waals surface area (Å²) in [6, 6.07) is 6.31. The van der Waals surface area contributed by atoms with Crippen LogP contribution in [0.2, 0.25) is 0 Å². The summed E-state index contributed by atoms with van der Waals surface area (Å²) < 4.78 is 13.2. The summed E-state index contributed by atoms with van der Waals surface area (Å²) in [7, 11) is 0. The summed E-state index contributed by atoms with van der Waals surface area (Å²) in [6.45, 7) is 5.64. The molecule has 1 aromatic carbocycles. The second-order valence-corrected chi connectivity index (χ2v) is 3.53. The lowest BCUT2D eigenvalue weighted by Crippen LogP contribution is -2.00. The van der Waals surface area contributed by atoms with Gasteiger partial charge in [0.25, 0.3) is 0 Å². The number of allylic oxidation sites excluding steroid dienone is 1. The van der Waals surface area contributed by atoms with Crippen LogP contribution in [0.4, 0.5) is 4.39 Å². The highest BCUT2D eigenvalue weighted by molar-refractivity contribution is 5.19. The van der Waals surface area contributed by atoms with Gasteiger partial charge in [0, 0.05) is 5.56 Å². The average molecular weight is 194 g/mol. The molecule has 1 nitrogen and oxygen atoms in total. The van der Waals surface area contributed by atoms with Gasteiger partial charge in [0.1, 0.15) is 5.82 Å². The van der Waals surface area contributed by atoms with Crippen molar-refractivity contribution in [2.45, 2.75) is 25.9 Å². The van der Waals surface area contributed by atoms with Gasteiger partial charge in [0.2, 0.25) is 0 Å². The number of benzene rings is 1. The summed E-state index contributed by atoms with van der Waals surface area (Å²) in [5, 5.41) is 9.67. The number of hydrogen-bond acceptors (Lipinski definition) is 1. The number of halogens is 1. The van der Waals surface area contributed by atoms with Gasteiger partial charge in [-0.1, -0.05) is 23.8 Å². The fourth-order valence-electron chi connectivity index (χ4n) is 1.28. The summed E-state index contributed by atoms with van der Waals surface area (Å²) in [6.07, 6.45) is 0.513. The fourth-order valence-corrected chi connectivity index (χ4v) is 1.28. The topological polar surface area (TPSA) is 20.2 Å². The smallest absolute Gasteiger partial charge is 0.128 e. The van der Waals surface area contributed by atoms with Crippen LogP contribution in [0.5, 0.6) is 0 Å². The number of hydrogen-bond donors (Lipinski definition) is 1. The molecule has 0 aliphatic heterocycles.